The number of nitrogens with zero attached hydrogens (tertiary/aromatic N) is 3. The van der Waals surface area contributed by atoms with Crippen LogP contribution in [0.4, 0.5) is 5.69 Å². The molecule has 0 saturated carbocycles. The zero-order valence-electron chi connectivity index (χ0n) is 17.5. The molecule has 0 aliphatic heterocycles. The van der Waals surface area contributed by atoms with Gasteiger partial charge in [0.25, 0.3) is 0 Å². The predicted molar refractivity (Wildman–Crippen MR) is 116 cm³/mol. The summed E-state index contributed by atoms with van der Waals surface area (Å²) in [6, 6.07) is 12.7. The zero-order chi connectivity index (χ0) is 21.7. The van der Waals surface area contributed by atoms with Crippen molar-refractivity contribution in [1.82, 2.24) is 14.8 Å². The number of methoxy groups -OCH3 is 3. The average molecular weight is 429 g/mol. The maximum absolute atomic E-state index is 12.6. The summed E-state index contributed by atoms with van der Waals surface area (Å²) in [5.74, 6) is 2.53. The van der Waals surface area contributed by atoms with Crippen molar-refractivity contribution < 1.29 is 19.0 Å². The molecule has 1 amide bonds. The molecule has 0 radical (unpaired) electrons. The van der Waals surface area contributed by atoms with E-state index in [1.165, 1.54) is 11.8 Å². The number of amides is 1. The summed E-state index contributed by atoms with van der Waals surface area (Å²) in [7, 11) is 6.64. The first-order valence-electron chi connectivity index (χ1n) is 9.20. The van der Waals surface area contributed by atoms with Gasteiger partial charge in [0.2, 0.25) is 5.91 Å². The lowest BCUT2D eigenvalue weighted by Crippen LogP contribution is -2.22. The fraction of sp³-hybridized carbons (Fsp3) is 0.286. The summed E-state index contributed by atoms with van der Waals surface area (Å²) in [6.45, 7) is 1.83. The normalized spacial score (nSPS) is 11.6. The molecule has 9 heteroatoms. The number of aromatic nitrogens is 3. The molecule has 2 aromatic carbocycles. The second kappa shape index (κ2) is 9.53. The van der Waals surface area contributed by atoms with Crippen LogP contribution in [-0.4, -0.2) is 47.3 Å². The van der Waals surface area contributed by atoms with Crippen LogP contribution in [0.15, 0.2) is 47.6 Å². The van der Waals surface area contributed by atoms with Gasteiger partial charge < -0.3 is 24.1 Å². The minimum atomic E-state index is -0.367. The van der Waals surface area contributed by atoms with Crippen molar-refractivity contribution in [2.45, 2.75) is 17.3 Å². The van der Waals surface area contributed by atoms with Gasteiger partial charge in [0.1, 0.15) is 5.75 Å². The van der Waals surface area contributed by atoms with Gasteiger partial charge in [-0.25, -0.2) is 0 Å². The van der Waals surface area contributed by atoms with Gasteiger partial charge in [-0.3, -0.25) is 4.79 Å². The van der Waals surface area contributed by atoms with Gasteiger partial charge in [0.15, 0.2) is 22.5 Å². The number of carbonyl (C=O) groups excluding carboxylic acids is 1. The Balaban J connectivity index is 1.71. The van der Waals surface area contributed by atoms with E-state index in [9.17, 15) is 4.79 Å². The summed E-state index contributed by atoms with van der Waals surface area (Å²) in [6.07, 6.45) is 0. The third-order valence-electron chi connectivity index (χ3n) is 4.49. The van der Waals surface area contributed by atoms with Crippen LogP contribution < -0.4 is 19.5 Å². The van der Waals surface area contributed by atoms with E-state index in [4.69, 9.17) is 14.2 Å². The van der Waals surface area contributed by atoms with Crippen LogP contribution in [0.1, 0.15) is 6.92 Å². The van der Waals surface area contributed by atoms with Gasteiger partial charge >= 0.3 is 0 Å². The van der Waals surface area contributed by atoms with E-state index < -0.39 is 0 Å². The van der Waals surface area contributed by atoms with Crippen molar-refractivity contribution in [1.29, 1.82) is 0 Å². The molecule has 0 bridgehead atoms. The van der Waals surface area contributed by atoms with E-state index >= 15 is 0 Å². The lowest BCUT2D eigenvalue weighted by molar-refractivity contribution is -0.115. The fourth-order valence-corrected chi connectivity index (χ4v) is 3.59. The largest absolute Gasteiger partial charge is 0.497 e. The number of nitrogens with one attached hydrogen (secondary N) is 1. The Labute approximate surface area is 179 Å². The van der Waals surface area contributed by atoms with Crippen LogP contribution in [0.3, 0.4) is 0 Å². The highest BCUT2D eigenvalue weighted by atomic mass is 32.2. The SMILES string of the molecule is COc1ccc(NC(=O)C(C)Sc2nnc(-c3ccc(OC)c(OC)c3)n2C)cc1. The quantitative estimate of drug-likeness (QED) is 0.548. The highest BCUT2D eigenvalue weighted by molar-refractivity contribution is 8.00. The van der Waals surface area contributed by atoms with E-state index in [1.54, 1.807) is 45.6 Å². The maximum Gasteiger partial charge on any atom is 0.237 e. The molecule has 3 rings (SSSR count). The van der Waals surface area contributed by atoms with Gasteiger partial charge in [-0.05, 0) is 49.4 Å². The average Bonchev–Trinajstić information content (AvgIpc) is 3.13. The second-order valence-corrected chi connectivity index (χ2v) is 7.72. The Morgan fingerprint density at radius 2 is 1.70 bits per heavy atom. The van der Waals surface area contributed by atoms with Crippen LogP contribution in [0.25, 0.3) is 11.4 Å². The molecule has 3 aromatic rings. The van der Waals surface area contributed by atoms with E-state index in [0.29, 0.717) is 28.2 Å². The van der Waals surface area contributed by atoms with Crippen molar-refractivity contribution in [2.75, 3.05) is 26.6 Å². The van der Waals surface area contributed by atoms with E-state index in [-0.39, 0.29) is 11.2 Å². The third-order valence-corrected chi connectivity index (χ3v) is 5.62. The summed E-state index contributed by atoms with van der Waals surface area (Å²) in [5.41, 5.74) is 1.54. The molecule has 0 aliphatic carbocycles. The minimum absolute atomic E-state index is 0.124. The number of anilines is 1. The number of benzene rings is 2. The summed E-state index contributed by atoms with van der Waals surface area (Å²) in [4.78, 5) is 12.6. The molecule has 0 spiro atoms. The molecule has 158 valence electrons. The Kier molecular flexibility index (Phi) is 6.83. The van der Waals surface area contributed by atoms with Crippen molar-refractivity contribution in [3.63, 3.8) is 0 Å². The smallest absolute Gasteiger partial charge is 0.237 e. The standard InChI is InChI=1S/C21H24N4O4S/c1-13(20(26)22-15-7-9-16(27-3)10-8-15)30-21-24-23-19(25(21)2)14-6-11-17(28-4)18(12-14)29-5/h6-13H,1-5H3,(H,22,26). The van der Waals surface area contributed by atoms with Gasteiger partial charge in [-0.15, -0.1) is 10.2 Å². The first kappa shape index (κ1) is 21.5. The number of hydrogen-bond donors (Lipinski definition) is 1. The molecule has 1 unspecified atom stereocenters. The third kappa shape index (κ3) is 4.68. The number of carbonyl (C=O) groups is 1. The molecule has 1 N–H and O–H groups in total. The van der Waals surface area contributed by atoms with Crippen molar-refractivity contribution in [3.05, 3.63) is 42.5 Å². The van der Waals surface area contributed by atoms with Gasteiger partial charge in [-0.1, -0.05) is 11.8 Å². The second-order valence-electron chi connectivity index (χ2n) is 6.41. The summed E-state index contributed by atoms with van der Waals surface area (Å²) in [5, 5.41) is 11.7. The van der Waals surface area contributed by atoms with Crippen LogP contribution in [0.5, 0.6) is 17.2 Å². The van der Waals surface area contributed by atoms with Gasteiger partial charge in [0, 0.05) is 18.3 Å². The molecular formula is C21H24N4O4S. The molecule has 0 saturated heterocycles. The maximum atomic E-state index is 12.6. The summed E-state index contributed by atoms with van der Waals surface area (Å²) < 4.78 is 17.6. The van der Waals surface area contributed by atoms with Crippen molar-refractivity contribution >= 4 is 23.4 Å². The molecule has 0 aliphatic rings. The molecule has 0 fully saturated rings. The predicted octanol–water partition coefficient (Wildman–Crippen LogP) is 3.63. The minimum Gasteiger partial charge on any atom is -0.497 e. The van der Waals surface area contributed by atoms with Crippen LogP contribution in [-0.2, 0) is 11.8 Å². The molecule has 8 nitrogen and oxygen atoms in total. The first-order chi connectivity index (χ1) is 14.5. The number of ether oxygens (including phenoxy) is 3. The lowest BCUT2D eigenvalue weighted by Gasteiger charge is -2.12. The summed E-state index contributed by atoms with van der Waals surface area (Å²) >= 11 is 1.33. The molecule has 1 heterocycles. The van der Waals surface area contributed by atoms with E-state index in [2.05, 4.69) is 15.5 Å². The lowest BCUT2D eigenvalue weighted by atomic mass is 10.2. The topological polar surface area (TPSA) is 87.5 Å². The first-order valence-corrected chi connectivity index (χ1v) is 10.1. The van der Waals surface area contributed by atoms with E-state index in [1.807, 2.05) is 36.7 Å². The number of hydrogen-bond acceptors (Lipinski definition) is 7. The van der Waals surface area contributed by atoms with Crippen molar-refractivity contribution in [3.8, 4) is 28.6 Å². The Morgan fingerprint density at radius 1 is 1.00 bits per heavy atom. The molecule has 1 aromatic heterocycles. The highest BCUT2D eigenvalue weighted by Gasteiger charge is 2.20. The van der Waals surface area contributed by atoms with Gasteiger partial charge in [-0.2, -0.15) is 0 Å². The zero-order valence-corrected chi connectivity index (χ0v) is 18.3. The molecule has 30 heavy (non-hydrogen) atoms. The Hall–Kier alpha value is -3.20. The highest BCUT2D eigenvalue weighted by Crippen LogP contribution is 2.33. The Bertz CT molecular complexity index is 1020. The number of rotatable bonds is 8. The van der Waals surface area contributed by atoms with Crippen molar-refractivity contribution in [2.24, 2.45) is 7.05 Å². The van der Waals surface area contributed by atoms with Crippen LogP contribution in [0.2, 0.25) is 0 Å². The number of thioether (sulfide) groups is 1. The van der Waals surface area contributed by atoms with Gasteiger partial charge in [0.05, 0.1) is 26.6 Å². The Morgan fingerprint density at radius 3 is 2.33 bits per heavy atom. The molecule has 1 atom stereocenters. The van der Waals surface area contributed by atoms with Crippen LogP contribution >= 0.6 is 11.8 Å². The van der Waals surface area contributed by atoms with Crippen LogP contribution in [0, 0.1) is 0 Å². The fourth-order valence-electron chi connectivity index (χ4n) is 2.77. The van der Waals surface area contributed by atoms with E-state index in [0.717, 1.165) is 11.3 Å². The monoisotopic (exact) mass is 428 g/mol. The molecular weight excluding hydrogens is 404 g/mol.